The van der Waals surface area contributed by atoms with E-state index in [1.54, 1.807) is 0 Å². The van der Waals surface area contributed by atoms with E-state index in [0.29, 0.717) is 17.9 Å². The Labute approximate surface area is 124 Å². The molecular formula is C17H21FO3. The highest BCUT2D eigenvalue weighted by Crippen LogP contribution is 2.43. The number of hydrogen-bond donors (Lipinski definition) is 0. The maximum Gasteiger partial charge on any atom is 0.163 e. The molecule has 4 heteroatoms. The molecule has 0 aromatic heterocycles. The molecule has 0 N–H and O–H groups in total. The highest BCUT2D eigenvalue weighted by atomic mass is 19.1. The van der Waals surface area contributed by atoms with E-state index in [9.17, 15) is 9.18 Å². The van der Waals surface area contributed by atoms with Crippen LogP contribution in [0.25, 0.3) is 0 Å². The zero-order valence-electron chi connectivity index (χ0n) is 12.4. The van der Waals surface area contributed by atoms with Crippen LogP contribution in [-0.4, -0.2) is 24.1 Å². The van der Waals surface area contributed by atoms with Crippen molar-refractivity contribution in [2.45, 2.75) is 57.2 Å². The van der Waals surface area contributed by atoms with Crippen LogP contribution in [0.3, 0.4) is 0 Å². The number of Topliss-reactive ketones (excluding diaryl/α,β-unsaturated/α-hetero) is 1. The molecule has 1 saturated carbocycles. The van der Waals surface area contributed by atoms with Crippen molar-refractivity contribution in [2.75, 3.05) is 6.61 Å². The zero-order valence-corrected chi connectivity index (χ0v) is 12.4. The second-order valence-electron chi connectivity index (χ2n) is 6.18. The summed E-state index contributed by atoms with van der Waals surface area (Å²) in [5.41, 5.74) is 0.490. The van der Waals surface area contributed by atoms with E-state index >= 15 is 0 Å². The third-order valence-electron chi connectivity index (χ3n) is 4.60. The van der Waals surface area contributed by atoms with Crippen LogP contribution in [0.5, 0.6) is 5.75 Å². The van der Waals surface area contributed by atoms with Crippen LogP contribution in [0, 0.1) is 5.82 Å². The number of rotatable bonds is 4. The third-order valence-corrected chi connectivity index (χ3v) is 4.60. The van der Waals surface area contributed by atoms with Crippen LogP contribution in [0.15, 0.2) is 18.2 Å². The van der Waals surface area contributed by atoms with Crippen LogP contribution in [0.1, 0.15) is 55.8 Å². The highest BCUT2D eigenvalue weighted by Gasteiger charge is 2.42. The quantitative estimate of drug-likeness (QED) is 0.790. The van der Waals surface area contributed by atoms with E-state index in [-0.39, 0.29) is 17.5 Å². The van der Waals surface area contributed by atoms with Crippen molar-refractivity contribution >= 4 is 5.78 Å². The van der Waals surface area contributed by atoms with E-state index in [1.807, 2.05) is 0 Å². The number of ketones is 1. The predicted octanol–water partition coefficient (Wildman–Crippen LogP) is 3.90. The standard InChI is InChI=1S/C17H21FO3/c1-12(19)15-5-4-13(18)10-16(15)20-11-14-6-9-17(21-14)7-2-3-8-17/h4-5,10,14H,2-3,6-9,11H2,1H3. The lowest BCUT2D eigenvalue weighted by atomic mass is 9.98. The SMILES string of the molecule is CC(=O)c1ccc(F)cc1OCC1CCC2(CCCC2)O1. The minimum absolute atomic E-state index is 0.0474. The van der Waals surface area contributed by atoms with Gasteiger partial charge in [0.1, 0.15) is 18.2 Å². The molecular weight excluding hydrogens is 271 g/mol. The fourth-order valence-corrected chi connectivity index (χ4v) is 3.49. The molecule has 3 nitrogen and oxygen atoms in total. The molecule has 2 aliphatic rings. The van der Waals surface area contributed by atoms with Gasteiger partial charge in [-0.2, -0.15) is 0 Å². The van der Waals surface area contributed by atoms with Gasteiger partial charge in [-0.05, 0) is 44.7 Å². The van der Waals surface area contributed by atoms with Crippen LogP contribution in [0.2, 0.25) is 0 Å². The van der Waals surface area contributed by atoms with E-state index < -0.39 is 5.82 Å². The van der Waals surface area contributed by atoms with Gasteiger partial charge in [-0.1, -0.05) is 12.8 Å². The fraction of sp³-hybridized carbons (Fsp3) is 0.588. The molecule has 1 spiro atoms. The molecule has 3 rings (SSSR count). The van der Waals surface area contributed by atoms with Gasteiger partial charge < -0.3 is 9.47 Å². The maximum absolute atomic E-state index is 13.3. The van der Waals surface area contributed by atoms with Gasteiger partial charge in [-0.25, -0.2) is 4.39 Å². The maximum atomic E-state index is 13.3. The Balaban J connectivity index is 1.63. The Bertz CT molecular complexity index is 535. The van der Waals surface area contributed by atoms with Crippen molar-refractivity contribution in [2.24, 2.45) is 0 Å². The molecule has 1 aliphatic carbocycles. The van der Waals surface area contributed by atoms with Crippen LogP contribution in [-0.2, 0) is 4.74 Å². The van der Waals surface area contributed by atoms with Gasteiger partial charge in [-0.15, -0.1) is 0 Å². The summed E-state index contributed by atoms with van der Waals surface area (Å²) in [5, 5.41) is 0. The predicted molar refractivity (Wildman–Crippen MR) is 77.2 cm³/mol. The van der Waals surface area contributed by atoms with Crippen molar-refractivity contribution in [3.63, 3.8) is 0 Å². The molecule has 21 heavy (non-hydrogen) atoms. The van der Waals surface area contributed by atoms with Crippen molar-refractivity contribution in [1.82, 2.24) is 0 Å². The summed E-state index contributed by atoms with van der Waals surface area (Å²) in [7, 11) is 0. The van der Waals surface area contributed by atoms with Gasteiger partial charge in [0.05, 0.1) is 17.3 Å². The van der Waals surface area contributed by atoms with E-state index in [1.165, 1.54) is 38.0 Å². The summed E-state index contributed by atoms with van der Waals surface area (Å²) in [4.78, 5) is 11.5. The molecule has 0 bridgehead atoms. The number of benzene rings is 1. The van der Waals surface area contributed by atoms with E-state index in [2.05, 4.69) is 0 Å². The summed E-state index contributed by atoms with van der Waals surface area (Å²) >= 11 is 0. The first-order valence-corrected chi connectivity index (χ1v) is 7.69. The summed E-state index contributed by atoms with van der Waals surface area (Å²) < 4.78 is 25.2. The molecule has 114 valence electrons. The Morgan fingerprint density at radius 2 is 2.14 bits per heavy atom. The molecule has 1 aliphatic heterocycles. The van der Waals surface area contributed by atoms with Gasteiger partial charge in [0.2, 0.25) is 0 Å². The first-order valence-electron chi connectivity index (χ1n) is 7.69. The van der Waals surface area contributed by atoms with Crippen molar-refractivity contribution in [3.05, 3.63) is 29.6 Å². The first kappa shape index (κ1) is 14.5. The second kappa shape index (κ2) is 5.76. The average Bonchev–Trinajstić information content (AvgIpc) is 3.07. The summed E-state index contributed by atoms with van der Waals surface area (Å²) in [6.45, 7) is 1.84. The summed E-state index contributed by atoms with van der Waals surface area (Å²) in [6, 6.07) is 4.03. The normalized spacial score (nSPS) is 23.6. The minimum Gasteiger partial charge on any atom is -0.490 e. The molecule has 1 saturated heterocycles. The summed E-state index contributed by atoms with van der Waals surface area (Å²) in [6.07, 6.45) is 6.88. The lowest BCUT2D eigenvalue weighted by Crippen LogP contribution is -2.27. The molecule has 0 amide bonds. The number of halogens is 1. The monoisotopic (exact) mass is 292 g/mol. The molecule has 2 fully saturated rings. The lowest BCUT2D eigenvalue weighted by molar-refractivity contribution is -0.0509. The molecule has 0 radical (unpaired) electrons. The first-order chi connectivity index (χ1) is 10.1. The number of ether oxygens (including phenoxy) is 2. The highest BCUT2D eigenvalue weighted by molar-refractivity contribution is 5.96. The van der Waals surface area contributed by atoms with Crippen molar-refractivity contribution < 1.29 is 18.7 Å². The third kappa shape index (κ3) is 3.10. The molecule has 1 atom stereocenters. The van der Waals surface area contributed by atoms with Gasteiger partial charge in [0.15, 0.2) is 5.78 Å². The van der Waals surface area contributed by atoms with Gasteiger partial charge >= 0.3 is 0 Å². The van der Waals surface area contributed by atoms with Gasteiger partial charge in [-0.3, -0.25) is 4.79 Å². The van der Waals surface area contributed by atoms with E-state index in [0.717, 1.165) is 25.7 Å². The van der Waals surface area contributed by atoms with Gasteiger partial charge in [0, 0.05) is 6.07 Å². The van der Waals surface area contributed by atoms with Crippen LogP contribution >= 0.6 is 0 Å². The number of carbonyl (C=O) groups is 1. The number of carbonyl (C=O) groups excluding carboxylic acids is 1. The molecule has 1 unspecified atom stereocenters. The smallest absolute Gasteiger partial charge is 0.163 e. The second-order valence-corrected chi connectivity index (χ2v) is 6.18. The largest absolute Gasteiger partial charge is 0.490 e. The lowest BCUT2D eigenvalue weighted by Gasteiger charge is -2.24. The minimum atomic E-state index is -0.394. The number of hydrogen-bond acceptors (Lipinski definition) is 3. The van der Waals surface area contributed by atoms with E-state index in [4.69, 9.17) is 9.47 Å². The zero-order chi connectivity index (χ0) is 14.9. The van der Waals surface area contributed by atoms with Crippen molar-refractivity contribution in [1.29, 1.82) is 0 Å². The molecule has 1 aromatic rings. The Morgan fingerprint density at radius 1 is 1.38 bits per heavy atom. The van der Waals surface area contributed by atoms with Crippen molar-refractivity contribution in [3.8, 4) is 5.75 Å². The van der Waals surface area contributed by atoms with Crippen LogP contribution < -0.4 is 4.74 Å². The Morgan fingerprint density at radius 3 is 2.86 bits per heavy atom. The van der Waals surface area contributed by atoms with Crippen LogP contribution in [0.4, 0.5) is 4.39 Å². The molecule has 1 aromatic carbocycles. The fourth-order valence-electron chi connectivity index (χ4n) is 3.49. The average molecular weight is 292 g/mol. The molecule has 1 heterocycles. The summed E-state index contributed by atoms with van der Waals surface area (Å²) in [5.74, 6) is -0.197. The Hall–Kier alpha value is -1.42. The Kier molecular flexibility index (Phi) is 3.98. The topological polar surface area (TPSA) is 35.5 Å². The van der Waals surface area contributed by atoms with Gasteiger partial charge in [0.25, 0.3) is 0 Å².